The van der Waals surface area contributed by atoms with E-state index in [1.165, 1.54) is 0 Å². The van der Waals surface area contributed by atoms with Gasteiger partial charge in [-0.05, 0) is 75.1 Å². The van der Waals surface area contributed by atoms with Gasteiger partial charge in [0.1, 0.15) is 6.04 Å². The summed E-state index contributed by atoms with van der Waals surface area (Å²) in [6.07, 6.45) is 1.22. The molecule has 0 aromatic heterocycles. The molecule has 2 aliphatic rings. The fourth-order valence-corrected chi connectivity index (χ4v) is 4.71. The lowest BCUT2D eigenvalue weighted by Gasteiger charge is -2.37. The average molecular weight is 500 g/mol. The van der Waals surface area contributed by atoms with E-state index in [1.54, 1.807) is 52.3 Å². The van der Waals surface area contributed by atoms with E-state index in [9.17, 15) is 14.4 Å². The number of nitrogens with zero attached hydrogens (tertiary/aromatic N) is 2. The molecule has 35 heavy (non-hydrogen) atoms. The van der Waals surface area contributed by atoms with Crippen molar-refractivity contribution in [2.75, 3.05) is 33.0 Å². The van der Waals surface area contributed by atoms with Crippen LogP contribution in [-0.2, 0) is 4.79 Å². The van der Waals surface area contributed by atoms with E-state index in [0.717, 1.165) is 0 Å². The highest BCUT2D eigenvalue weighted by Gasteiger charge is 2.36. The second-order valence-electron chi connectivity index (χ2n) is 8.67. The molecule has 3 amide bonds. The number of rotatable bonds is 7. The summed E-state index contributed by atoms with van der Waals surface area (Å²) in [7, 11) is 0. The molecule has 1 N–H and O–H groups in total. The lowest BCUT2D eigenvalue weighted by molar-refractivity contribution is -0.134. The van der Waals surface area contributed by atoms with Crippen LogP contribution in [0.1, 0.15) is 47.4 Å². The Bertz CT molecular complexity index is 1080. The maximum atomic E-state index is 13.4. The SMILES string of the molecule is CCN(CC)C(=O)C(NC(=O)c1ccc2c(c1)OCO2)C1CCN(C(=O)c2ccc(Cl)cc2)CC1. The standard InChI is InChI=1S/C26H30ClN3O5/c1-3-29(4-2)26(33)23(28-24(31)19-7-10-21-22(15-19)35-16-34-21)17-11-13-30(14-12-17)25(32)18-5-8-20(27)9-6-18/h5-10,15,17,23H,3-4,11-14,16H2,1-2H3,(H,28,31). The molecule has 0 radical (unpaired) electrons. The number of carbonyl (C=O) groups is 3. The van der Waals surface area contributed by atoms with Gasteiger partial charge in [0.15, 0.2) is 11.5 Å². The molecule has 8 nitrogen and oxygen atoms in total. The molecule has 2 aliphatic heterocycles. The largest absolute Gasteiger partial charge is 0.454 e. The molecule has 2 aromatic carbocycles. The van der Waals surface area contributed by atoms with Crippen LogP contribution in [0.25, 0.3) is 0 Å². The quantitative estimate of drug-likeness (QED) is 0.629. The smallest absolute Gasteiger partial charge is 0.253 e. The second-order valence-corrected chi connectivity index (χ2v) is 9.10. The summed E-state index contributed by atoms with van der Waals surface area (Å²) in [5.74, 6) is 0.514. The van der Waals surface area contributed by atoms with E-state index in [2.05, 4.69) is 5.32 Å². The molecular weight excluding hydrogens is 470 g/mol. The van der Waals surface area contributed by atoms with Crippen molar-refractivity contribution in [3.8, 4) is 11.5 Å². The van der Waals surface area contributed by atoms with Gasteiger partial charge >= 0.3 is 0 Å². The van der Waals surface area contributed by atoms with Crippen molar-refractivity contribution in [3.63, 3.8) is 0 Å². The Kier molecular flexibility index (Phi) is 7.80. The van der Waals surface area contributed by atoms with Crippen LogP contribution in [-0.4, -0.2) is 66.5 Å². The van der Waals surface area contributed by atoms with Gasteiger partial charge in [-0.1, -0.05) is 11.6 Å². The maximum absolute atomic E-state index is 13.4. The molecule has 1 atom stereocenters. The van der Waals surface area contributed by atoms with Crippen molar-refractivity contribution in [3.05, 3.63) is 58.6 Å². The van der Waals surface area contributed by atoms with Crippen LogP contribution in [0.5, 0.6) is 11.5 Å². The number of fused-ring (bicyclic) bond motifs is 1. The summed E-state index contributed by atoms with van der Waals surface area (Å²) in [5, 5.41) is 3.56. The molecule has 9 heteroatoms. The summed E-state index contributed by atoms with van der Waals surface area (Å²) in [4.78, 5) is 42.9. The third-order valence-corrected chi connectivity index (χ3v) is 6.90. The Morgan fingerprint density at radius 1 is 1.00 bits per heavy atom. The molecule has 1 unspecified atom stereocenters. The number of amides is 3. The summed E-state index contributed by atoms with van der Waals surface area (Å²) >= 11 is 5.94. The number of piperidine rings is 1. The normalized spacial score (nSPS) is 16.0. The predicted octanol–water partition coefficient (Wildman–Crippen LogP) is 3.59. The van der Waals surface area contributed by atoms with Gasteiger partial charge in [-0.3, -0.25) is 14.4 Å². The lowest BCUT2D eigenvalue weighted by atomic mass is 9.87. The highest BCUT2D eigenvalue weighted by Crippen LogP contribution is 2.32. The number of carbonyl (C=O) groups excluding carboxylic acids is 3. The van der Waals surface area contributed by atoms with Gasteiger partial charge in [0.25, 0.3) is 11.8 Å². The van der Waals surface area contributed by atoms with E-state index in [0.29, 0.717) is 66.7 Å². The second kappa shape index (κ2) is 11.0. The molecule has 4 rings (SSSR count). The van der Waals surface area contributed by atoms with E-state index < -0.39 is 6.04 Å². The first-order valence-electron chi connectivity index (χ1n) is 11.9. The molecule has 0 bridgehead atoms. The first-order valence-corrected chi connectivity index (χ1v) is 12.3. The summed E-state index contributed by atoms with van der Waals surface area (Å²) in [5.41, 5.74) is 0.988. The Morgan fingerprint density at radius 3 is 2.29 bits per heavy atom. The third kappa shape index (κ3) is 5.53. The fraction of sp³-hybridized carbons (Fsp3) is 0.423. The zero-order valence-corrected chi connectivity index (χ0v) is 20.7. The summed E-state index contributed by atoms with van der Waals surface area (Å²) < 4.78 is 10.7. The van der Waals surface area contributed by atoms with E-state index in [-0.39, 0.29) is 30.4 Å². The highest BCUT2D eigenvalue weighted by atomic mass is 35.5. The monoisotopic (exact) mass is 499 g/mol. The number of nitrogens with one attached hydrogen (secondary N) is 1. The van der Waals surface area contributed by atoms with Crippen LogP contribution >= 0.6 is 11.6 Å². The molecule has 0 saturated carbocycles. The number of likely N-dealkylation sites (N-methyl/N-ethyl adjacent to an activating group) is 1. The maximum Gasteiger partial charge on any atom is 0.253 e. The molecular formula is C26H30ClN3O5. The van der Waals surface area contributed by atoms with Crippen LogP contribution in [0.3, 0.4) is 0 Å². The Balaban J connectivity index is 1.47. The first kappa shape index (κ1) is 24.9. The van der Waals surface area contributed by atoms with Crippen molar-refractivity contribution in [1.29, 1.82) is 0 Å². The number of hydrogen-bond donors (Lipinski definition) is 1. The number of halogens is 1. The van der Waals surface area contributed by atoms with E-state index >= 15 is 0 Å². The molecule has 0 aliphatic carbocycles. The molecule has 2 heterocycles. The average Bonchev–Trinajstić information content (AvgIpc) is 3.36. The van der Waals surface area contributed by atoms with Crippen LogP contribution in [0.15, 0.2) is 42.5 Å². The van der Waals surface area contributed by atoms with Gasteiger partial charge in [0.05, 0.1) is 0 Å². The highest BCUT2D eigenvalue weighted by molar-refractivity contribution is 6.30. The van der Waals surface area contributed by atoms with E-state index in [1.807, 2.05) is 13.8 Å². The molecule has 186 valence electrons. The van der Waals surface area contributed by atoms with Crippen molar-refractivity contribution < 1.29 is 23.9 Å². The molecule has 2 aromatic rings. The number of benzene rings is 2. The molecule has 0 spiro atoms. The topological polar surface area (TPSA) is 88.2 Å². The molecule has 1 fully saturated rings. The van der Waals surface area contributed by atoms with Gasteiger partial charge in [-0.15, -0.1) is 0 Å². The minimum Gasteiger partial charge on any atom is -0.454 e. The van der Waals surface area contributed by atoms with Crippen LogP contribution < -0.4 is 14.8 Å². The summed E-state index contributed by atoms with van der Waals surface area (Å²) in [6.45, 7) is 6.09. The molecule has 1 saturated heterocycles. The van der Waals surface area contributed by atoms with Crippen molar-refractivity contribution in [1.82, 2.24) is 15.1 Å². The number of likely N-dealkylation sites (tertiary alicyclic amines) is 1. The van der Waals surface area contributed by atoms with E-state index in [4.69, 9.17) is 21.1 Å². The van der Waals surface area contributed by atoms with Crippen molar-refractivity contribution >= 4 is 29.3 Å². The van der Waals surface area contributed by atoms with Gasteiger partial charge in [-0.25, -0.2) is 0 Å². The Hall–Kier alpha value is -3.26. The third-order valence-electron chi connectivity index (χ3n) is 6.65. The van der Waals surface area contributed by atoms with Gasteiger partial charge in [0, 0.05) is 42.3 Å². The van der Waals surface area contributed by atoms with Crippen LogP contribution in [0.4, 0.5) is 0 Å². The number of ether oxygens (including phenoxy) is 2. The van der Waals surface area contributed by atoms with Gasteiger partial charge in [0.2, 0.25) is 12.7 Å². The van der Waals surface area contributed by atoms with Crippen LogP contribution in [0, 0.1) is 5.92 Å². The first-order chi connectivity index (χ1) is 16.9. The van der Waals surface area contributed by atoms with Crippen LogP contribution in [0.2, 0.25) is 5.02 Å². The van der Waals surface area contributed by atoms with Gasteiger partial charge in [-0.2, -0.15) is 0 Å². The fourth-order valence-electron chi connectivity index (χ4n) is 4.59. The minimum absolute atomic E-state index is 0.0591. The minimum atomic E-state index is -0.680. The van der Waals surface area contributed by atoms with Crippen molar-refractivity contribution in [2.45, 2.75) is 32.7 Å². The predicted molar refractivity (Wildman–Crippen MR) is 132 cm³/mol. The van der Waals surface area contributed by atoms with Crippen molar-refractivity contribution in [2.24, 2.45) is 5.92 Å². The van der Waals surface area contributed by atoms with Gasteiger partial charge < -0.3 is 24.6 Å². The summed E-state index contributed by atoms with van der Waals surface area (Å²) in [6, 6.07) is 11.1. The lowest BCUT2D eigenvalue weighted by Crippen LogP contribution is -2.54. The zero-order chi connectivity index (χ0) is 24.9. The zero-order valence-electron chi connectivity index (χ0n) is 20.0. The Morgan fingerprint density at radius 2 is 1.63 bits per heavy atom. The number of hydrogen-bond acceptors (Lipinski definition) is 5. The Labute approximate surface area is 210 Å².